The van der Waals surface area contributed by atoms with Gasteiger partial charge in [-0.3, -0.25) is 0 Å². The highest BCUT2D eigenvalue weighted by molar-refractivity contribution is 5.66. The number of anilines is 1. The number of nitriles is 2. The third kappa shape index (κ3) is 3.26. The molecule has 1 aromatic heterocycles. The summed E-state index contributed by atoms with van der Waals surface area (Å²) >= 11 is 0. The maximum atomic E-state index is 9.17. The van der Waals surface area contributed by atoms with Crippen LogP contribution in [0.5, 0.6) is 0 Å². The van der Waals surface area contributed by atoms with Crippen molar-refractivity contribution in [3.05, 3.63) is 77.6 Å². The molecule has 0 unspecified atom stereocenters. The van der Waals surface area contributed by atoms with E-state index in [9.17, 15) is 0 Å². The Balaban J connectivity index is 1.65. The number of rotatable bonds is 5. The zero-order valence-corrected chi connectivity index (χ0v) is 13.0. The highest BCUT2D eigenvalue weighted by Crippen LogP contribution is 2.20. The lowest BCUT2D eigenvalue weighted by molar-refractivity contribution is 0.878. The van der Waals surface area contributed by atoms with Crippen LogP contribution in [0, 0.1) is 22.7 Å². The molecule has 2 aromatic carbocycles. The number of benzene rings is 2. The molecule has 1 heterocycles. The molecule has 116 valence electrons. The minimum atomic E-state index is 0.489. The van der Waals surface area contributed by atoms with Crippen LogP contribution in [0.15, 0.2) is 60.9 Å². The number of aromatic nitrogens is 2. The standard InChI is InChI=1S/C19H15N5/c20-13-16-3-1-4-17(14-21)19(16)22-11-9-15-5-7-18(8-6-15)24-12-2-10-23-24/h1-8,10,12,22H,9,11H2. The number of hydrogen-bond acceptors (Lipinski definition) is 4. The third-order valence-corrected chi connectivity index (χ3v) is 3.73. The van der Waals surface area contributed by atoms with E-state index in [0.29, 0.717) is 23.4 Å². The smallest absolute Gasteiger partial charge is 0.101 e. The Kier molecular flexibility index (Phi) is 4.55. The molecule has 0 atom stereocenters. The van der Waals surface area contributed by atoms with Gasteiger partial charge in [-0.15, -0.1) is 0 Å². The summed E-state index contributed by atoms with van der Waals surface area (Å²) in [5, 5.41) is 25.7. The van der Waals surface area contributed by atoms with Crippen molar-refractivity contribution in [2.75, 3.05) is 11.9 Å². The predicted molar refractivity (Wildman–Crippen MR) is 91.6 cm³/mol. The molecule has 0 bridgehead atoms. The summed E-state index contributed by atoms with van der Waals surface area (Å²) in [6.07, 6.45) is 4.44. The molecule has 3 aromatic rings. The summed E-state index contributed by atoms with van der Waals surface area (Å²) in [6, 6.07) is 19.4. The second kappa shape index (κ2) is 7.13. The van der Waals surface area contributed by atoms with Crippen LogP contribution in [-0.2, 0) is 6.42 Å². The number of nitrogens with zero attached hydrogens (tertiary/aromatic N) is 4. The van der Waals surface area contributed by atoms with Gasteiger partial charge in [0, 0.05) is 18.9 Å². The fraction of sp³-hybridized carbons (Fsp3) is 0.105. The summed E-state index contributed by atoms with van der Waals surface area (Å²) in [7, 11) is 0. The molecule has 0 spiro atoms. The lowest BCUT2D eigenvalue weighted by Crippen LogP contribution is -2.08. The van der Waals surface area contributed by atoms with Gasteiger partial charge in [-0.2, -0.15) is 15.6 Å². The SMILES string of the molecule is N#Cc1cccc(C#N)c1NCCc1ccc(-n2cccn2)cc1. The Morgan fingerprint density at radius 2 is 1.67 bits per heavy atom. The van der Waals surface area contributed by atoms with E-state index in [-0.39, 0.29) is 0 Å². The van der Waals surface area contributed by atoms with Gasteiger partial charge >= 0.3 is 0 Å². The van der Waals surface area contributed by atoms with Crippen molar-refractivity contribution in [3.63, 3.8) is 0 Å². The van der Waals surface area contributed by atoms with E-state index in [0.717, 1.165) is 12.1 Å². The second-order valence-corrected chi connectivity index (χ2v) is 5.25. The van der Waals surface area contributed by atoms with Gasteiger partial charge in [0.25, 0.3) is 0 Å². The van der Waals surface area contributed by atoms with E-state index in [1.165, 1.54) is 5.56 Å². The van der Waals surface area contributed by atoms with Crippen LogP contribution in [-0.4, -0.2) is 16.3 Å². The average molecular weight is 313 g/mol. The minimum Gasteiger partial charge on any atom is -0.383 e. The van der Waals surface area contributed by atoms with Gasteiger partial charge in [-0.1, -0.05) is 18.2 Å². The molecule has 0 radical (unpaired) electrons. The third-order valence-electron chi connectivity index (χ3n) is 3.73. The van der Waals surface area contributed by atoms with E-state index in [2.05, 4.69) is 34.7 Å². The Bertz CT molecular complexity index is 864. The fourth-order valence-electron chi connectivity index (χ4n) is 2.50. The molecule has 5 heteroatoms. The Hall–Kier alpha value is -3.57. The lowest BCUT2D eigenvalue weighted by atomic mass is 10.1. The van der Waals surface area contributed by atoms with E-state index in [4.69, 9.17) is 10.5 Å². The van der Waals surface area contributed by atoms with Gasteiger partial charge < -0.3 is 5.32 Å². The van der Waals surface area contributed by atoms with Crippen molar-refractivity contribution in [1.29, 1.82) is 10.5 Å². The maximum Gasteiger partial charge on any atom is 0.101 e. The molecule has 24 heavy (non-hydrogen) atoms. The fourth-order valence-corrected chi connectivity index (χ4v) is 2.50. The molecule has 1 N–H and O–H groups in total. The van der Waals surface area contributed by atoms with Crippen molar-refractivity contribution >= 4 is 5.69 Å². The van der Waals surface area contributed by atoms with Gasteiger partial charge in [0.05, 0.1) is 22.5 Å². The van der Waals surface area contributed by atoms with Crippen LogP contribution in [0.1, 0.15) is 16.7 Å². The monoisotopic (exact) mass is 313 g/mol. The van der Waals surface area contributed by atoms with Crippen molar-refractivity contribution in [2.45, 2.75) is 6.42 Å². The molecule has 3 rings (SSSR count). The quantitative estimate of drug-likeness (QED) is 0.784. The van der Waals surface area contributed by atoms with E-state index in [1.807, 2.05) is 29.1 Å². The molecule has 0 aliphatic rings. The van der Waals surface area contributed by atoms with E-state index < -0.39 is 0 Å². The molecular weight excluding hydrogens is 298 g/mol. The number of nitrogens with one attached hydrogen (secondary N) is 1. The predicted octanol–water partition coefficient (Wildman–Crippen LogP) is 3.27. The van der Waals surface area contributed by atoms with Crippen LogP contribution < -0.4 is 5.32 Å². The normalized spacial score (nSPS) is 9.92. The Labute approximate surface area is 140 Å². The molecule has 0 aliphatic heterocycles. The summed E-state index contributed by atoms with van der Waals surface area (Å²) < 4.78 is 1.81. The zero-order valence-electron chi connectivity index (χ0n) is 13.0. The first-order valence-electron chi connectivity index (χ1n) is 7.58. The Morgan fingerprint density at radius 3 is 2.25 bits per heavy atom. The van der Waals surface area contributed by atoms with Gasteiger partial charge in [0.15, 0.2) is 0 Å². The van der Waals surface area contributed by atoms with Crippen molar-refractivity contribution in [3.8, 4) is 17.8 Å². The zero-order chi connectivity index (χ0) is 16.8. The first-order chi connectivity index (χ1) is 11.8. The van der Waals surface area contributed by atoms with Crippen LogP contribution in [0.4, 0.5) is 5.69 Å². The summed E-state index contributed by atoms with van der Waals surface area (Å²) in [6.45, 7) is 0.647. The largest absolute Gasteiger partial charge is 0.383 e. The van der Waals surface area contributed by atoms with E-state index in [1.54, 1.807) is 24.4 Å². The van der Waals surface area contributed by atoms with Crippen LogP contribution in [0.2, 0.25) is 0 Å². The summed E-state index contributed by atoms with van der Waals surface area (Å²) in [5.74, 6) is 0. The summed E-state index contributed by atoms with van der Waals surface area (Å²) in [4.78, 5) is 0. The van der Waals surface area contributed by atoms with Gasteiger partial charge in [0.1, 0.15) is 12.1 Å². The summed E-state index contributed by atoms with van der Waals surface area (Å²) in [5.41, 5.74) is 3.77. The molecule has 0 aliphatic carbocycles. The van der Waals surface area contributed by atoms with Crippen molar-refractivity contribution < 1.29 is 0 Å². The Morgan fingerprint density at radius 1 is 0.958 bits per heavy atom. The van der Waals surface area contributed by atoms with Crippen LogP contribution in [0.25, 0.3) is 5.69 Å². The molecule has 0 amide bonds. The first-order valence-corrected chi connectivity index (χ1v) is 7.58. The van der Waals surface area contributed by atoms with E-state index >= 15 is 0 Å². The number of para-hydroxylation sites is 1. The first kappa shape index (κ1) is 15.3. The van der Waals surface area contributed by atoms with Gasteiger partial charge in [0.2, 0.25) is 0 Å². The maximum absolute atomic E-state index is 9.17. The topological polar surface area (TPSA) is 77.4 Å². The molecule has 5 nitrogen and oxygen atoms in total. The van der Waals surface area contributed by atoms with Crippen LogP contribution >= 0.6 is 0 Å². The highest BCUT2D eigenvalue weighted by Gasteiger charge is 2.07. The molecular formula is C19H15N5. The lowest BCUT2D eigenvalue weighted by Gasteiger charge is -2.10. The minimum absolute atomic E-state index is 0.489. The highest BCUT2D eigenvalue weighted by atomic mass is 15.3. The van der Waals surface area contributed by atoms with Crippen LogP contribution in [0.3, 0.4) is 0 Å². The molecule has 0 saturated heterocycles. The van der Waals surface area contributed by atoms with Gasteiger partial charge in [-0.25, -0.2) is 4.68 Å². The second-order valence-electron chi connectivity index (χ2n) is 5.25. The number of hydrogen-bond donors (Lipinski definition) is 1. The van der Waals surface area contributed by atoms with Crippen molar-refractivity contribution in [2.24, 2.45) is 0 Å². The van der Waals surface area contributed by atoms with Crippen molar-refractivity contribution in [1.82, 2.24) is 9.78 Å². The molecule has 0 saturated carbocycles. The average Bonchev–Trinajstić information content (AvgIpc) is 3.17. The van der Waals surface area contributed by atoms with Gasteiger partial charge in [-0.05, 0) is 42.3 Å². The molecule has 0 fully saturated rings.